The third-order valence-corrected chi connectivity index (χ3v) is 9.10. The van der Waals surface area contributed by atoms with Gasteiger partial charge in [-0.3, -0.25) is 4.79 Å². The SMILES string of the molecule is CCn1nnc2c(C)c([C@@H](CCS(C)(=O)=O)c3ccc4c(c3)CN(C(=O)c3ccc(C)c(C)c3)CC4)ccc21. The Balaban J connectivity index is 1.50. The number of aryl methyl sites for hydroxylation is 4. The molecule has 39 heavy (non-hydrogen) atoms. The zero-order valence-electron chi connectivity index (χ0n) is 23.4. The predicted octanol–water partition coefficient (Wildman–Crippen LogP) is 5.14. The molecule has 8 heteroatoms. The molecule has 0 saturated heterocycles. The number of carbonyl (C=O) groups excluding carboxylic acids is 1. The van der Waals surface area contributed by atoms with Crippen molar-refractivity contribution in [1.29, 1.82) is 0 Å². The summed E-state index contributed by atoms with van der Waals surface area (Å²) in [5, 5.41) is 8.71. The maximum absolute atomic E-state index is 13.4. The van der Waals surface area contributed by atoms with E-state index in [-0.39, 0.29) is 17.6 Å². The lowest BCUT2D eigenvalue weighted by Crippen LogP contribution is -2.36. The van der Waals surface area contributed by atoms with Crippen molar-refractivity contribution in [3.05, 3.63) is 93.0 Å². The van der Waals surface area contributed by atoms with Gasteiger partial charge in [0.2, 0.25) is 0 Å². The Labute approximate surface area is 230 Å². The third-order valence-electron chi connectivity index (χ3n) is 8.12. The van der Waals surface area contributed by atoms with Crippen LogP contribution in [0.25, 0.3) is 11.0 Å². The normalized spacial score (nSPS) is 14.4. The Hall–Kier alpha value is -3.52. The number of benzene rings is 3. The number of rotatable bonds is 7. The van der Waals surface area contributed by atoms with E-state index in [2.05, 4.69) is 34.6 Å². The standard InChI is InChI=1S/C31H36N4O3S/c1-6-35-29-12-11-27(22(4)30(29)32-33-35)28(14-16-39(5,37)38)24-10-9-23-13-15-34(19-26(23)18-24)31(36)25-8-7-20(2)21(3)17-25/h7-12,17-18,28H,6,13-16,19H2,1-5H3/t28-/m0/s1. The lowest BCUT2D eigenvalue weighted by atomic mass is 9.84. The van der Waals surface area contributed by atoms with Crippen LogP contribution in [-0.2, 0) is 29.3 Å². The van der Waals surface area contributed by atoms with E-state index in [4.69, 9.17) is 0 Å². The Bertz CT molecular complexity index is 1670. The highest BCUT2D eigenvalue weighted by Crippen LogP contribution is 2.35. The maximum atomic E-state index is 13.4. The van der Waals surface area contributed by atoms with Gasteiger partial charge < -0.3 is 4.90 Å². The minimum absolute atomic E-state index is 0.0445. The van der Waals surface area contributed by atoms with E-state index >= 15 is 0 Å². The van der Waals surface area contributed by atoms with E-state index < -0.39 is 9.84 Å². The van der Waals surface area contributed by atoms with E-state index in [1.165, 1.54) is 17.4 Å². The van der Waals surface area contributed by atoms with Crippen LogP contribution in [0.4, 0.5) is 0 Å². The second kappa shape index (κ2) is 10.6. The van der Waals surface area contributed by atoms with Gasteiger partial charge in [-0.05, 0) is 97.7 Å². The highest BCUT2D eigenvalue weighted by atomic mass is 32.2. The molecule has 0 fully saturated rings. The van der Waals surface area contributed by atoms with Gasteiger partial charge in [-0.25, -0.2) is 13.1 Å². The molecule has 0 unspecified atom stereocenters. The van der Waals surface area contributed by atoms with Crippen molar-refractivity contribution in [3.63, 3.8) is 0 Å². The molecule has 4 aromatic rings. The maximum Gasteiger partial charge on any atom is 0.254 e. The van der Waals surface area contributed by atoms with Gasteiger partial charge in [0, 0.05) is 37.4 Å². The lowest BCUT2D eigenvalue weighted by molar-refractivity contribution is 0.0734. The zero-order chi connectivity index (χ0) is 27.9. The van der Waals surface area contributed by atoms with Crippen LogP contribution < -0.4 is 0 Å². The average molecular weight is 545 g/mol. The van der Waals surface area contributed by atoms with Crippen LogP contribution >= 0.6 is 0 Å². The summed E-state index contributed by atoms with van der Waals surface area (Å²) in [6, 6.07) is 16.5. The van der Waals surface area contributed by atoms with Crippen LogP contribution in [-0.4, -0.2) is 52.8 Å². The second-order valence-corrected chi connectivity index (χ2v) is 13.1. The molecule has 0 radical (unpaired) electrons. The number of nitrogens with zero attached hydrogens (tertiary/aromatic N) is 4. The van der Waals surface area contributed by atoms with Gasteiger partial charge >= 0.3 is 0 Å². The van der Waals surface area contributed by atoms with E-state index in [1.807, 2.05) is 61.5 Å². The highest BCUT2D eigenvalue weighted by Gasteiger charge is 2.26. The molecule has 1 aromatic heterocycles. The van der Waals surface area contributed by atoms with Crippen LogP contribution in [0, 0.1) is 20.8 Å². The molecule has 1 amide bonds. The van der Waals surface area contributed by atoms with Gasteiger partial charge in [0.1, 0.15) is 15.4 Å². The highest BCUT2D eigenvalue weighted by molar-refractivity contribution is 7.90. The molecule has 0 aliphatic carbocycles. The Kier molecular flexibility index (Phi) is 7.33. The minimum atomic E-state index is -3.15. The van der Waals surface area contributed by atoms with Crippen molar-refractivity contribution in [3.8, 4) is 0 Å². The Morgan fingerprint density at radius 2 is 1.79 bits per heavy atom. The van der Waals surface area contributed by atoms with Crippen molar-refractivity contribution >= 4 is 26.8 Å². The summed E-state index contributed by atoms with van der Waals surface area (Å²) in [5.41, 5.74) is 10.3. The van der Waals surface area contributed by atoms with Gasteiger partial charge in [-0.15, -0.1) is 5.10 Å². The van der Waals surface area contributed by atoms with Crippen LogP contribution in [0.2, 0.25) is 0 Å². The summed E-state index contributed by atoms with van der Waals surface area (Å²) in [6.45, 7) is 10.1. The number of aromatic nitrogens is 3. The molecule has 5 rings (SSSR count). The Morgan fingerprint density at radius 3 is 2.51 bits per heavy atom. The van der Waals surface area contributed by atoms with Crippen LogP contribution in [0.1, 0.15) is 68.6 Å². The molecular weight excluding hydrogens is 508 g/mol. The summed E-state index contributed by atoms with van der Waals surface area (Å²) >= 11 is 0. The first kappa shape index (κ1) is 27.1. The molecule has 1 aliphatic rings. The van der Waals surface area contributed by atoms with Crippen LogP contribution in [0.15, 0.2) is 48.5 Å². The van der Waals surface area contributed by atoms with Gasteiger partial charge in [0.05, 0.1) is 11.3 Å². The van der Waals surface area contributed by atoms with Gasteiger partial charge in [0.25, 0.3) is 5.91 Å². The van der Waals surface area contributed by atoms with Crippen molar-refractivity contribution in [2.75, 3.05) is 18.6 Å². The van der Waals surface area contributed by atoms with E-state index in [0.717, 1.165) is 51.8 Å². The van der Waals surface area contributed by atoms with Crippen molar-refractivity contribution in [1.82, 2.24) is 19.9 Å². The molecule has 3 aromatic carbocycles. The minimum Gasteiger partial charge on any atom is -0.334 e. The molecule has 1 atom stereocenters. The van der Waals surface area contributed by atoms with Gasteiger partial charge in [-0.2, -0.15) is 0 Å². The fourth-order valence-electron chi connectivity index (χ4n) is 5.65. The fraction of sp³-hybridized carbons (Fsp3) is 0.387. The van der Waals surface area contributed by atoms with Crippen LogP contribution in [0.3, 0.4) is 0 Å². The molecular formula is C31H36N4O3S. The summed E-state index contributed by atoms with van der Waals surface area (Å²) in [7, 11) is -3.15. The van der Waals surface area contributed by atoms with E-state index in [0.29, 0.717) is 25.1 Å². The molecule has 0 spiro atoms. The average Bonchev–Trinajstić information content (AvgIpc) is 3.34. The number of fused-ring (bicyclic) bond motifs is 2. The van der Waals surface area contributed by atoms with E-state index in [9.17, 15) is 13.2 Å². The summed E-state index contributed by atoms with van der Waals surface area (Å²) in [6.07, 6.45) is 2.55. The molecule has 7 nitrogen and oxygen atoms in total. The van der Waals surface area contributed by atoms with Crippen LogP contribution in [0.5, 0.6) is 0 Å². The first-order valence-corrected chi connectivity index (χ1v) is 15.6. The van der Waals surface area contributed by atoms with Gasteiger partial charge in [-0.1, -0.05) is 35.5 Å². The number of sulfone groups is 1. The quantitative estimate of drug-likeness (QED) is 0.322. The zero-order valence-corrected chi connectivity index (χ0v) is 24.2. The van der Waals surface area contributed by atoms with E-state index in [1.54, 1.807) is 0 Å². The smallest absolute Gasteiger partial charge is 0.254 e. The Morgan fingerprint density at radius 1 is 1.00 bits per heavy atom. The molecule has 0 saturated carbocycles. The fourth-order valence-corrected chi connectivity index (χ4v) is 6.32. The lowest BCUT2D eigenvalue weighted by Gasteiger charge is -2.30. The number of carbonyl (C=O) groups is 1. The topological polar surface area (TPSA) is 85.2 Å². The second-order valence-electron chi connectivity index (χ2n) is 10.8. The number of hydrogen-bond acceptors (Lipinski definition) is 5. The van der Waals surface area contributed by atoms with Crippen molar-refractivity contribution in [2.24, 2.45) is 0 Å². The number of amides is 1. The first-order valence-electron chi connectivity index (χ1n) is 13.5. The summed E-state index contributed by atoms with van der Waals surface area (Å²) < 4.78 is 26.3. The molecule has 0 bridgehead atoms. The first-order chi connectivity index (χ1) is 18.6. The third kappa shape index (κ3) is 5.48. The summed E-state index contributed by atoms with van der Waals surface area (Å²) in [5.74, 6) is 0.0146. The molecule has 204 valence electrons. The largest absolute Gasteiger partial charge is 0.334 e. The van der Waals surface area contributed by atoms with Crippen molar-refractivity contribution in [2.45, 2.75) is 59.5 Å². The molecule has 1 aliphatic heterocycles. The molecule has 0 N–H and O–H groups in total. The van der Waals surface area contributed by atoms with Gasteiger partial charge in [0.15, 0.2) is 0 Å². The monoisotopic (exact) mass is 544 g/mol. The number of hydrogen-bond donors (Lipinski definition) is 0. The predicted molar refractivity (Wildman–Crippen MR) is 155 cm³/mol. The summed E-state index contributed by atoms with van der Waals surface area (Å²) in [4.78, 5) is 15.3. The van der Waals surface area contributed by atoms with Crippen molar-refractivity contribution < 1.29 is 13.2 Å². The molecule has 2 heterocycles.